The van der Waals surface area contributed by atoms with E-state index in [9.17, 15) is 0 Å². The third-order valence-corrected chi connectivity index (χ3v) is 3.33. The van der Waals surface area contributed by atoms with Gasteiger partial charge in [-0.05, 0) is 57.8 Å². The normalized spacial score (nSPS) is 11.9. The van der Waals surface area contributed by atoms with E-state index in [-0.39, 0.29) is 0 Å². The molecule has 0 bridgehead atoms. The molecule has 0 atom stereocenters. The lowest BCUT2D eigenvalue weighted by atomic mass is 10.1. The minimum absolute atomic E-state index is 0.343. The Balaban J connectivity index is 3.11. The summed E-state index contributed by atoms with van der Waals surface area (Å²) < 4.78 is 0. The van der Waals surface area contributed by atoms with Crippen molar-refractivity contribution in [3.8, 4) is 0 Å². The summed E-state index contributed by atoms with van der Waals surface area (Å²) in [5.41, 5.74) is 0. The highest BCUT2D eigenvalue weighted by atomic mass is 16.2. The predicted molar refractivity (Wildman–Crippen MR) is 86.4 cm³/mol. The molecule has 0 aliphatic rings. The van der Waals surface area contributed by atoms with Crippen molar-refractivity contribution < 1.29 is 5.11 Å². The highest BCUT2D eigenvalue weighted by molar-refractivity contribution is 4.83. The summed E-state index contributed by atoms with van der Waals surface area (Å²) in [5.74, 6) is 0. The maximum Gasteiger partial charge on any atom is 0.0431 e. The monoisotopic (exact) mass is 266 g/mol. The SMILES string of the molecule is CCCCC/C=C\CCCC/C=C\CCCCCO. The quantitative estimate of drug-likeness (QED) is 0.311. The van der Waals surface area contributed by atoms with Crippen molar-refractivity contribution in [2.24, 2.45) is 0 Å². The van der Waals surface area contributed by atoms with Gasteiger partial charge in [0.1, 0.15) is 0 Å². The number of hydrogen-bond donors (Lipinski definition) is 1. The summed E-state index contributed by atoms with van der Waals surface area (Å²) in [6, 6.07) is 0. The van der Waals surface area contributed by atoms with Crippen molar-refractivity contribution in [3.63, 3.8) is 0 Å². The number of rotatable bonds is 14. The van der Waals surface area contributed by atoms with Gasteiger partial charge in [0.15, 0.2) is 0 Å². The van der Waals surface area contributed by atoms with Crippen LogP contribution in [0.15, 0.2) is 24.3 Å². The van der Waals surface area contributed by atoms with Crippen molar-refractivity contribution in [1.29, 1.82) is 0 Å². The first-order valence-corrected chi connectivity index (χ1v) is 8.32. The van der Waals surface area contributed by atoms with Gasteiger partial charge >= 0.3 is 0 Å². The van der Waals surface area contributed by atoms with E-state index in [1.165, 1.54) is 64.2 Å². The molecule has 0 aromatic carbocycles. The highest BCUT2D eigenvalue weighted by Gasteiger charge is 1.86. The van der Waals surface area contributed by atoms with Gasteiger partial charge in [-0.2, -0.15) is 0 Å². The van der Waals surface area contributed by atoms with Gasteiger partial charge in [0.2, 0.25) is 0 Å². The molecule has 0 unspecified atom stereocenters. The Kier molecular flexibility index (Phi) is 16.9. The second-order valence-electron chi connectivity index (χ2n) is 5.30. The Bertz CT molecular complexity index is 206. The van der Waals surface area contributed by atoms with Crippen LogP contribution in [0.3, 0.4) is 0 Å². The average Bonchev–Trinajstić information content (AvgIpc) is 2.43. The first kappa shape index (κ1) is 18.4. The van der Waals surface area contributed by atoms with Crippen LogP contribution in [0.2, 0.25) is 0 Å². The van der Waals surface area contributed by atoms with Gasteiger partial charge in [0.05, 0.1) is 0 Å². The molecule has 0 aromatic rings. The fraction of sp³-hybridized carbons (Fsp3) is 0.778. The van der Waals surface area contributed by atoms with E-state index < -0.39 is 0 Å². The van der Waals surface area contributed by atoms with Gasteiger partial charge < -0.3 is 5.11 Å². The maximum atomic E-state index is 8.65. The molecule has 0 heterocycles. The molecule has 0 rings (SSSR count). The first-order chi connectivity index (χ1) is 9.41. The van der Waals surface area contributed by atoms with E-state index in [0.717, 1.165) is 12.8 Å². The second-order valence-corrected chi connectivity index (χ2v) is 5.30. The lowest BCUT2D eigenvalue weighted by Crippen LogP contribution is -1.81. The van der Waals surface area contributed by atoms with Crippen LogP contribution in [-0.2, 0) is 0 Å². The Labute approximate surface area is 120 Å². The Morgan fingerprint density at radius 3 is 1.42 bits per heavy atom. The van der Waals surface area contributed by atoms with Crippen molar-refractivity contribution in [3.05, 3.63) is 24.3 Å². The minimum Gasteiger partial charge on any atom is -0.396 e. The van der Waals surface area contributed by atoms with Crippen LogP contribution < -0.4 is 0 Å². The maximum absolute atomic E-state index is 8.65. The molecular weight excluding hydrogens is 232 g/mol. The fourth-order valence-corrected chi connectivity index (χ4v) is 2.06. The Morgan fingerprint density at radius 2 is 1.00 bits per heavy atom. The predicted octanol–water partition coefficient (Wildman–Crippen LogP) is 5.79. The molecule has 0 aliphatic carbocycles. The molecular formula is C18H34O. The number of allylic oxidation sites excluding steroid dienone is 4. The van der Waals surface area contributed by atoms with Gasteiger partial charge in [-0.3, -0.25) is 0 Å². The lowest BCUT2D eigenvalue weighted by Gasteiger charge is -1.95. The van der Waals surface area contributed by atoms with Crippen LogP contribution in [0, 0.1) is 0 Å². The summed E-state index contributed by atoms with van der Waals surface area (Å²) in [7, 11) is 0. The molecule has 112 valence electrons. The molecule has 0 saturated heterocycles. The molecule has 0 aliphatic heterocycles. The zero-order valence-corrected chi connectivity index (χ0v) is 12.9. The summed E-state index contributed by atoms with van der Waals surface area (Å²) in [6.45, 7) is 2.60. The number of aliphatic hydroxyl groups excluding tert-OH is 1. The Morgan fingerprint density at radius 1 is 0.579 bits per heavy atom. The van der Waals surface area contributed by atoms with Gasteiger partial charge in [-0.25, -0.2) is 0 Å². The van der Waals surface area contributed by atoms with E-state index in [2.05, 4.69) is 31.2 Å². The first-order valence-electron chi connectivity index (χ1n) is 8.32. The van der Waals surface area contributed by atoms with Crippen LogP contribution in [0.25, 0.3) is 0 Å². The topological polar surface area (TPSA) is 20.2 Å². The van der Waals surface area contributed by atoms with Crippen molar-refractivity contribution in [2.75, 3.05) is 6.61 Å². The van der Waals surface area contributed by atoms with Crippen LogP contribution in [0.1, 0.15) is 84.0 Å². The molecule has 0 spiro atoms. The smallest absolute Gasteiger partial charge is 0.0431 e. The molecule has 1 N–H and O–H groups in total. The molecule has 19 heavy (non-hydrogen) atoms. The third kappa shape index (κ3) is 17.4. The minimum atomic E-state index is 0.343. The Hall–Kier alpha value is -0.560. The largest absolute Gasteiger partial charge is 0.396 e. The fourth-order valence-electron chi connectivity index (χ4n) is 2.06. The average molecular weight is 266 g/mol. The second kappa shape index (κ2) is 17.4. The van der Waals surface area contributed by atoms with Crippen molar-refractivity contribution >= 4 is 0 Å². The van der Waals surface area contributed by atoms with E-state index >= 15 is 0 Å². The van der Waals surface area contributed by atoms with Crippen LogP contribution in [0.4, 0.5) is 0 Å². The van der Waals surface area contributed by atoms with Gasteiger partial charge in [0.25, 0.3) is 0 Å². The molecule has 0 radical (unpaired) electrons. The number of unbranched alkanes of at least 4 members (excludes halogenated alkanes) is 9. The summed E-state index contributed by atoms with van der Waals surface area (Å²) >= 11 is 0. The van der Waals surface area contributed by atoms with Crippen LogP contribution >= 0.6 is 0 Å². The number of hydrogen-bond acceptors (Lipinski definition) is 1. The molecule has 1 nitrogen and oxygen atoms in total. The van der Waals surface area contributed by atoms with Crippen molar-refractivity contribution in [1.82, 2.24) is 0 Å². The lowest BCUT2D eigenvalue weighted by molar-refractivity contribution is 0.283. The van der Waals surface area contributed by atoms with Crippen molar-refractivity contribution in [2.45, 2.75) is 84.0 Å². The highest BCUT2D eigenvalue weighted by Crippen LogP contribution is 2.06. The summed E-state index contributed by atoms with van der Waals surface area (Å²) in [4.78, 5) is 0. The van der Waals surface area contributed by atoms with Gasteiger partial charge in [-0.15, -0.1) is 0 Å². The van der Waals surface area contributed by atoms with E-state index in [4.69, 9.17) is 5.11 Å². The molecule has 0 aromatic heterocycles. The molecule has 0 amide bonds. The van der Waals surface area contributed by atoms with Gasteiger partial charge in [-0.1, -0.05) is 50.5 Å². The van der Waals surface area contributed by atoms with Crippen LogP contribution in [-0.4, -0.2) is 11.7 Å². The van der Waals surface area contributed by atoms with Crippen LogP contribution in [0.5, 0.6) is 0 Å². The molecule has 1 heteroatoms. The summed E-state index contributed by atoms with van der Waals surface area (Å²) in [5, 5.41) is 8.65. The zero-order valence-electron chi connectivity index (χ0n) is 12.9. The third-order valence-electron chi connectivity index (χ3n) is 3.33. The van der Waals surface area contributed by atoms with E-state index in [1.54, 1.807) is 0 Å². The molecule has 0 saturated carbocycles. The molecule has 0 fully saturated rings. The number of aliphatic hydroxyl groups is 1. The van der Waals surface area contributed by atoms with E-state index in [0.29, 0.717) is 6.61 Å². The van der Waals surface area contributed by atoms with E-state index in [1.807, 2.05) is 0 Å². The zero-order chi connectivity index (χ0) is 14.0. The van der Waals surface area contributed by atoms with Gasteiger partial charge in [0, 0.05) is 6.61 Å². The standard InChI is InChI=1S/C18H34O/c1-2-3-4-5-6-7-8-9-10-11-12-13-14-15-16-17-18-19/h6-7,12-13,19H,2-5,8-11,14-18H2,1H3/b7-6-,13-12-. The summed E-state index contributed by atoms with van der Waals surface area (Å²) in [6.07, 6.45) is 24.3.